The van der Waals surface area contributed by atoms with Gasteiger partial charge in [-0.1, -0.05) is 48.5 Å². The van der Waals surface area contributed by atoms with Crippen LogP contribution in [-0.4, -0.2) is 36.1 Å². The number of oxazole rings is 1. The van der Waals surface area contributed by atoms with Gasteiger partial charge in [-0.3, -0.25) is 9.69 Å². The molecule has 1 N–H and O–H groups in total. The van der Waals surface area contributed by atoms with Gasteiger partial charge in [0, 0.05) is 26.2 Å². The van der Waals surface area contributed by atoms with Crippen molar-refractivity contribution in [3.8, 4) is 0 Å². The summed E-state index contributed by atoms with van der Waals surface area (Å²) in [4.78, 5) is 18.4. The number of hydrogen-bond acceptors (Lipinski definition) is 5. The highest BCUT2D eigenvalue weighted by Gasteiger charge is 2.30. The largest absolute Gasteiger partial charge is 0.447 e. The summed E-state index contributed by atoms with van der Waals surface area (Å²) in [5.41, 5.74) is 0.941. The average Bonchev–Trinajstić information content (AvgIpc) is 3.27. The monoisotopic (exact) mass is 461 g/mol. The third kappa shape index (κ3) is 6.90. The van der Waals surface area contributed by atoms with Crippen LogP contribution in [0.4, 0.5) is 13.2 Å². The maximum absolute atomic E-state index is 13.2. The van der Waals surface area contributed by atoms with Crippen molar-refractivity contribution in [2.45, 2.75) is 32.2 Å². The van der Waals surface area contributed by atoms with Gasteiger partial charge in [-0.25, -0.2) is 4.98 Å². The minimum Gasteiger partial charge on any atom is -0.447 e. The molecule has 6 nitrogen and oxygen atoms in total. The number of methoxy groups -OCH3 is 1. The highest BCUT2D eigenvalue weighted by molar-refractivity contribution is 5.91. The van der Waals surface area contributed by atoms with Crippen LogP contribution in [-0.2, 0) is 24.0 Å². The first kappa shape index (κ1) is 24.5. The number of hydrogen-bond donors (Lipinski definition) is 1. The summed E-state index contributed by atoms with van der Waals surface area (Å²) in [6.07, 6.45) is -3.15. The van der Waals surface area contributed by atoms with Gasteiger partial charge in [0.2, 0.25) is 5.89 Å². The minimum atomic E-state index is -4.42. The summed E-state index contributed by atoms with van der Waals surface area (Å²) in [5, 5.41) is 2.67. The van der Waals surface area contributed by atoms with Crippen molar-refractivity contribution in [3.63, 3.8) is 0 Å². The number of carbonyl (C=O) groups excluding carboxylic acids is 1. The molecule has 0 radical (unpaired) electrons. The normalized spacial score (nSPS) is 12.7. The van der Waals surface area contributed by atoms with Crippen molar-refractivity contribution in [1.82, 2.24) is 15.2 Å². The summed E-state index contributed by atoms with van der Waals surface area (Å²) in [6, 6.07) is 14.7. The van der Waals surface area contributed by atoms with E-state index in [9.17, 15) is 18.0 Å². The lowest BCUT2D eigenvalue weighted by Crippen LogP contribution is -2.28. The van der Waals surface area contributed by atoms with Crippen molar-refractivity contribution in [2.24, 2.45) is 0 Å². The molecule has 1 atom stereocenters. The number of nitrogens with one attached hydrogen (secondary N) is 1. The Balaban J connectivity index is 1.81. The van der Waals surface area contributed by atoms with Crippen LogP contribution in [0.2, 0.25) is 0 Å². The summed E-state index contributed by atoms with van der Waals surface area (Å²) >= 11 is 0. The number of amides is 1. The molecule has 0 bridgehead atoms. The summed E-state index contributed by atoms with van der Waals surface area (Å²) in [5.74, 6) is -0.0933. The van der Waals surface area contributed by atoms with E-state index in [2.05, 4.69) is 10.3 Å². The van der Waals surface area contributed by atoms with E-state index in [0.29, 0.717) is 24.6 Å². The zero-order chi connectivity index (χ0) is 23.8. The Bertz CT molecular complexity index is 1040. The van der Waals surface area contributed by atoms with Gasteiger partial charge in [0.05, 0.1) is 18.7 Å². The molecule has 1 aromatic heterocycles. The van der Waals surface area contributed by atoms with Crippen LogP contribution < -0.4 is 5.32 Å². The van der Waals surface area contributed by atoms with E-state index in [4.69, 9.17) is 9.15 Å². The summed E-state index contributed by atoms with van der Waals surface area (Å²) in [7, 11) is 1.53. The van der Waals surface area contributed by atoms with Gasteiger partial charge < -0.3 is 14.5 Å². The fourth-order valence-corrected chi connectivity index (χ4v) is 3.37. The van der Waals surface area contributed by atoms with Crippen LogP contribution in [0.5, 0.6) is 0 Å². The molecule has 0 spiro atoms. The first-order valence-electron chi connectivity index (χ1n) is 10.4. The minimum absolute atomic E-state index is 0.132. The predicted octanol–water partition coefficient (Wildman–Crippen LogP) is 4.83. The molecule has 0 saturated heterocycles. The third-order valence-corrected chi connectivity index (χ3v) is 5.18. The quantitative estimate of drug-likeness (QED) is 0.438. The molecular formula is C24H26F3N3O3. The number of nitrogens with zero attached hydrogens (tertiary/aromatic N) is 2. The highest BCUT2D eigenvalue weighted by atomic mass is 19.4. The molecule has 3 rings (SSSR count). The second-order valence-corrected chi connectivity index (χ2v) is 7.56. The Kier molecular flexibility index (Phi) is 8.24. The number of benzene rings is 2. The number of alkyl halides is 3. The van der Waals surface area contributed by atoms with Crippen LogP contribution >= 0.6 is 0 Å². The van der Waals surface area contributed by atoms with Gasteiger partial charge in [-0.2, -0.15) is 13.2 Å². The number of halogens is 3. The van der Waals surface area contributed by atoms with Crippen LogP contribution in [0.15, 0.2) is 65.3 Å². The zero-order valence-electron chi connectivity index (χ0n) is 18.4. The Hall–Kier alpha value is -3.17. The lowest BCUT2D eigenvalue weighted by Gasteiger charge is -2.28. The van der Waals surface area contributed by atoms with E-state index in [1.165, 1.54) is 19.4 Å². The maximum atomic E-state index is 13.2. The average molecular weight is 461 g/mol. The summed E-state index contributed by atoms with van der Waals surface area (Å²) < 4.78 is 49.9. The predicted molar refractivity (Wildman–Crippen MR) is 116 cm³/mol. The summed E-state index contributed by atoms with van der Waals surface area (Å²) in [6.45, 7) is 3.11. The first-order chi connectivity index (χ1) is 15.8. The van der Waals surface area contributed by atoms with Gasteiger partial charge in [0.25, 0.3) is 5.91 Å². The van der Waals surface area contributed by atoms with Gasteiger partial charge in [0.1, 0.15) is 6.26 Å². The fraction of sp³-hybridized carbons (Fsp3) is 0.333. The molecule has 0 fully saturated rings. The zero-order valence-corrected chi connectivity index (χ0v) is 18.4. The lowest BCUT2D eigenvalue weighted by atomic mass is 10.0. The van der Waals surface area contributed by atoms with Crippen molar-refractivity contribution in [2.75, 3.05) is 20.3 Å². The Labute approximate surface area is 190 Å². The molecule has 0 aliphatic carbocycles. The molecule has 1 heterocycles. The number of rotatable bonds is 10. The highest BCUT2D eigenvalue weighted by Crippen LogP contribution is 2.31. The second-order valence-electron chi connectivity index (χ2n) is 7.56. The molecule has 33 heavy (non-hydrogen) atoms. The standard InChI is InChI=1S/C24H26F3N3O3/c1-17(19-8-4-3-5-9-19)30(14-18-7-6-10-20(13-18)24(25,26)27)15-22-29-21(16-33-22)23(31)28-11-12-32-2/h3-10,13,16-17H,11-12,14-15H2,1-2H3,(H,28,31)/t17-/m1/s1. The number of carbonyl (C=O) groups is 1. The molecule has 9 heteroatoms. The van der Waals surface area contributed by atoms with Crippen LogP contribution in [0, 0.1) is 0 Å². The van der Waals surface area contributed by atoms with E-state index in [1.54, 1.807) is 6.07 Å². The molecule has 2 aromatic carbocycles. The number of ether oxygens (including phenoxy) is 1. The molecule has 0 aliphatic heterocycles. The van der Waals surface area contributed by atoms with Gasteiger partial charge >= 0.3 is 6.18 Å². The molecular weight excluding hydrogens is 435 g/mol. The first-order valence-corrected chi connectivity index (χ1v) is 10.4. The van der Waals surface area contributed by atoms with Gasteiger partial charge in [0.15, 0.2) is 5.69 Å². The van der Waals surface area contributed by atoms with E-state index >= 15 is 0 Å². The van der Waals surface area contributed by atoms with Crippen molar-refractivity contribution < 1.29 is 27.1 Å². The molecule has 0 unspecified atom stereocenters. The maximum Gasteiger partial charge on any atom is 0.416 e. The van der Waals surface area contributed by atoms with Gasteiger partial charge in [-0.05, 0) is 24.1 Å². The van der Waals surface area contributed by atoms with E-state index in [0.717, 1.165) is 17.7 Å². The van der Waals surface area contributed by atoms with Crippen molar-refractivity contribution in [3.05, 3.63) is 89.1 Å². The Morgan fingerprint density at radius 2 is 1.91 bits per heavy atom. The van der Waals surface area contributed by atoms with E-state index in [-0.39, 0.29) is 30.7 Å². The molecule has 0 aliphatic rings. The van der Waals surface area contributed by atoms with Crippen LogP contribution in [0.25, 0.3) is 0 Å². The van der Waals surface area contributed by atoms with Gasteiger partial charge in [-0.15, -0.1) is 0 Å². The molecule has 1 amide bonds. The Morgan fingerprint density at radius 3 is 2.61 bits per heavy atom. The van der Waals surface area contributed by atoms with Crippen LogP contribution in [0.3, 0.4) is 0 Å². The third-order valence-electron chi connectivity index (χ3n) is 5.18. The van der Waals surface area contributed by atoms with Crippen molar-refractivity contribution in [1.29, 1.82) is 0 Å². The fourth-order valence-electron chi connectivity index (χ4n) is 3.37. The number of aromatic nitrogens is 1. The van der Waals surface area contributed by atoms with Crippen LogP contribution in [0.1, 0.15) is 46.0 Å². The van der Waals surface area contributed by atoms with E-state index < -0.39 is 11.7 Å². The van der Waals surface area contributed by atoms with E-state index in [1.807, 2.05) is 42.2 Å². The molecule has 176 valence electrons. The lowest BCUT2D eigenvalue weighted by molar-refractivity contribution is -0.137. The second kappa shape index (κ2) is 11.1. The molecule has 0 saturated carbocycles. The van der Waals surface area contributed by atoms with Crippen molar-refractivity contribution >= 4 is 5.91 Å². The smallest absolute Gasteiger partial charge is 0.416 e. The Morgan fingerprint density at radius 1 is 1.15 bits per heavy atom. The SMILES string of the molecule is COCCNC(=O)c1coc(CN(Cc2cccc(C(F)(F)F)c2)[C@H](C)c2ccccc2)n1. The topological polar surface area (TPSA) is 67.6 Å². The molecule has 3 aromatic rings.